The van der Waals surface area contributed by atoms with Crippen LogP contribution in [0.25, 0.3) is 11.1 Å². The second-order valence-corrected chi connectivity index (χ2v) is 19.6. The number of aromatic nitrogens is 1. The first kappa shape index (κ1) is 74.6. The van der Waals surface area contributed by atoms with E-state index in [-0.39, 0.29) is 60.4 Å². The van der Waals surface area contributed by atoms with E-state index < -0.39 is 40.9 Å². The molecule has 4 amide bonds. The van der Waals surface area contributed by atoms with E-state index in [2.05, 4.69) is 21.7 Å². The molecule has 4 atom stereocenters. The number of hydrogen-bond donors (Lipinski definition) is 9. The third-order valence-corrected chi connectivity index (χ3v) is 12.5. The zero-order valence-corrected chi connectivity index (χ0v) is 47.5. The lowest BCUT2D eigenvalue weighted by Crippen LogP contribution is -2.43. The Bertz CT molecular complexity index is 2090. The van der Waals surface area contributed by atoms with Crippen molar-refractivity contribution in [3.05, 3.63) is 83.7 Å². The molecule has 0 saturated heterocycles. The number of primary amides is 1. The van der Waals surface area contributed by atoms with Crippen LogP contribution in [0.1, 0.15) is 84.0 Å². The van der Waals surface area contributed by atoms with Gasteiger partial charge in [-0.2, -0.15) is 11.8 Å². The molecule has 0 aliphatic heterocycles. The first-order valence-corrected chi connectivity index (χ1v) is 27.5. The Labute approximate surface area is 466 Å². The van der Waals surface area contributed by atoms with Gasteiger partial charge in [-0.1, -0.05) is 65.0 Å². The summed E-state index contributed by atoms with van der Waals surface area (Å²) in [5, 5.41) is 32.5. The summed E-state index contributed by atoms with van der Waals surface area (Å²) in [7, 11) is 1.00. The second kappa shape index (κ2) is 47.5. The van der Waals surface area contributed by atoms with Gasteiger partial charge in [-0.25, -0.2) is 13.6 Å². The lowest BCUT2D eigenvalue weighted by atomic mass is 9.84. The van der Waals surface area contributed by atoms with E-state index in [0.717, 1.165) is 60.9 Å². The fourth-order valence-electron chi connectivity index (χ4n) is 6.42. The number of thioether (sulfide) groups is 2. The Kier molecular flexibility index (Phi) is 45.4. The van der Waals surface area contributed by atoms with Gasteiger partial charge in [0.05, 0.1) is 57.5 Å². The fraction of sp³-hybridized carbons (Fsp3) is 0.566. The summed E-state index contributed by atoms with van der Waals surface area (Å²) in [6.07, 6.45) is 5.73. The van der Waals surface area contributed by atoms with Crippen molar-refractivity contribution in [1.82, 2.24) is 20.5 Å². The van der Waals surface area contributed by atoms with Crippen molar-refractivity contribution < 1.29 is 76.6 Å². The van der Waals surface area contributed by atoms with E-state index in [0.29, 0.717) is 96.3 Å². The van der Waals surface area contributed by atoms with Crippen molar-refractivity contribution in [2.75, 3.05) is 90.3 Å². The summed E-state index contributed by atoms with van der Waals surface area (Å²) in [4.78, 5) is 76.8. The van der Waals surface area contributed by atoms with E-state index in [1.807, 2.05) is 81.8 Å². The summed E-state index contributed by atoms with van der Waals surface area (Å²) in [5.74, 6) is -2.75. The summed E-state index contributed by atoms with van der Waals surface area (Å²) in [6, 6.07) is 12.8. The minimum atomic E-state index is -1.16. The molecule has 1 aromatic heterocycles. The van der Waals surface area contributed by atoms with Crippen LogP contribution < -0.4 is 33.2 Å². The predicted octanol–water partition coefficient (Wildman–Crippen LogP) is 4.14. The molecular weight excluding hydrogens is 1060 g/mol. The van der Waals surface area contributed by atoms with Gasteiger partial charge in [0.25, 0.3) is 0 Å². The molecule has 0 aliphatic carbocycles. The highest BCUT2D eigenvalue weighted by molar-refractivity contribution is 8.00. The van der Waals surface area contributed by atoms with Crippen LogP contribution in [0.4, 0.5) is 8.78 Å². The van der Waals surface area contributed by atoms with Crippen LogP contribution in [0.5, 0.6) is 0 Å². The Morgan fingerprint density at radius 1 is 0.795 bits per heavy atom. The quantitative estimate of drug-likeness (QED) is 0.0289. The summed E-state index contributed by atoms with van der Waals surface area (Å²) < 4.78 is 51.6. The zero-order valence-electron chi connectivity index (χ0n) is 45.8. The third kappa shape index (κ3) is 35.8. The Balaban J connectivity index is 0. The molecule has 0 spiro atoms. The summed E-state index contributed by atoms with van der Waals surface area (Å²) >= 11 is 2.51. The molecule has 12 N–H and O–H groups in total. The first-order valence-electron chi connectivity index (χ1n) is 25.3. The highest BCUT2D eigenvalue weighted by atomic mass is 32.2. The number of carbonyl (C=O) groups is 7. The number of nitrogens with two attached hydrogens (primary N) is 3. The topological polar surface area (TPSA) is 336 Å². The van der Waals surface area contributed by atoms with Gasteiger partial charge in [-0.05, 0) is 66.8 Å². The van der Waals surface area contributed by atoms with Gasteiger partial charge >= 0.3 is 11.9 Å². The number of rotatable bonds is 37. The maximum absolute atomic E-state index is 14.4. The number of carboxylic acid groups (broad SMARTS) is 2. The number of aldehydes is 1. The molecule has 0 aliphatic rings. The number of ether oxygens (including phenoxy) is 4. The van der Waals surface area contributed by atoms with Crippen LogP contribution in [0, 0.1) is 17.0 Å². The van der Waals surface area contributed by atoms with Gasteiger partial charge in [0.1, 0.15) is 30.0 Å². The van der Waals surface area contributed by atoms with Gasteiger partial charge in [0.15, 0.2) is 0 Å². The number of carboxylic acids is 2. The Hall–Kier alpha value is -5.51. The summed E-state index contributed by atoms with van der Waals surface area (Å²) in [5.41, 5.74) is 17.4. The fourth-order valence-corrected chi connectivity index (χ4v) is 8.40. The van der Waals surface area contributed by atoms with Crippen molar-refractivity contribution >= 4 is 66.4 Å². The maximum Gasteiger partial charge on any atom is 0.327 e. The number of nitrogens with zero attached hydrogens (tertiary/aromatic N) is 1. The summed E-state index contributed by atoms with van der Waals surface area (Å²) in [6.45, 7) is 14.3. The number of hydrogen-bond acceptors (Lipinski definition) is 16. The molecule has 0 bridgehead atoms. The van der Waals surface area contributed by atoms with Crippen LogP contribution in [0.15, 0.2) is 60.8 Å². The Morgan fingerprint density at radius 2 is 1.38 bits per heavy atom. The number of aliphatic carboxylic acids is 2. The molecule has 3 rings (SSSR count). The van der Waals surface area contributed by atoms with Gasteiger partial charge in [-0.3, -0.25) is 24.0 Å². The largest absolute Gasteiger partial charge is 0.480 e. The number of unbranched alkanes of at least 4 members (excludes halogenated alkanes) is 1. The molecule has 78 heavy (non-hydrogen) atoms. The average molecular weight is 1150 g/mol. The van der Waals surface area contributed by atoms with Crippen LogP contribution in [-0.4, -0.2) is 170 Å². The highest BCUT2D eigenvalue weighted by Gasteiger charge is 2.30. The van der Waals surface area contributed by atoms with Crippen molar-refractivity contribution in [2.24, 2.45) is 22.6 Å². The Morgan fingerprint density at radius 3 is 1.92 bits per heavy atom. The van der Waals surface area contributed by atoms with Gasteiger partial charge in [-0.15, -0.1) is 11.8 Å². The molecule has 21 nitrogen and oxygen atoms in total. The third-order valence-electron chi connectivity index (χ3n) is 10.1. The van der Waals surface area contributed by atoms with Crippen molar-refractivity contribution in [1.29, 1.82) is 0 Å². The number of nitrogens with one attached hydrogen (secondary N) is 3. The maximum atomic E-state index is 14.4. The molecule has 442 valence electrons. The predicted molar refractivity (Wildman–Crippen MR) is 300 cm³/mol. The lowest BCUT2D eigenvalue weighted by molar-refractivity contribution is -0.141. The number of halogens is 2. The average Bonchev–Trinajstić information content (AvgIpc) is 3.83. The molecule has 4 unspecified atom stereocenters. The van der Waals surface area contributed by atoms with Crippen LogP contribution in [0.2, 0.25) is 0 Å². The minimum Gasteiger partial charge on any atom is -0.480 e. The van der Waals surface area contributed by atoms with E-state index in [1.54, 1.807) is 0 Å². The molecule has 0 radical (unpaired) electrons. The zero-order chi connectivity index (χ0) is 59.2. The molecular formula is C53H85F2N7O14S2. The van der Waals surface area contributed by atoms with E-state index in [1.165, 1.54) is 17.8 Å². The number of benzene rings is 2. The van der Waals surface area contributed by atoms with Crippen LogP contribution >= 0.6 is 23.5 Å². The molecule has 0 saturated carbocycles. The molecule has 0 fully saturated rings. The normalized spacial score (nSPS) is 12.1. The minimum absolute atomic E-state index is 0.0414. The van der Waals surface area contributed by atoms with Gasteiger partial charge in [0.2, 0.25) is 24.6 Å². The van der Waals surface area contributed by atoms with E-state index in [4.69, 9.17) is 45.4 Å². The molecule has 1 heterocycles. The molecule has 3 aromatic rings. The van der Waals surface area contributed by atoms with Crippen molar-refractivity contribution in [2.45, 2.75) is 96.6 Å². The highest BCUT2D eigenvalue weighted by Crippen LogP contribution is 2.36. The van der Waals surface area contributed by atoms with Crippen LogP contribution in [0.3, 0.4) is 0 Å². The van der Waals surface area contributed by atoms with Crippen molar-refractivity contribution in [3.8, 4) is 11.1 Å². The molecule has 2 aromatic carbocycles. The standard InChI is InChI=1S/C26H48N4O11S2.C23H24F2N2O.C2H6.CH3NO.CH4O/c27-5-1-2-15-42-19-22(26(36)37)30-23(32)4-8-39-10-12-41-14-13-40-11-9-38-7-3-6-29-24(33)16-20(17-31)43-18-21(28)25(34)35;1-23(2,3)22(26-15-28)21-11-17(19-12-18(24)9-10-20(19)25)14-27(21)13-16-7-5-4-6-8-16;1-2;2-1-3;1-2/h17,20-22H,1-16,18-19,27-28H2,(H,29,33)(H,30,32)(H,34,35)(H,36,37);4-12,14-15,22H,13H2,1-3H3,(H,26,28);1-2H3;1H,(H2,2,3);2H,1H3. The number of aliphatic hydroxyl groups is 1. The van der Waals surface area contributed by atoms with Gasteiger partial charge in [0, 0.05) is 74.2 Å². The SMILES string of the molecule is CC.CC(C)(C)C(NC=O)c1cc(-c2cc(F)ccc2F)cn1Cc1ccccc1.CO.NC=O.NCCCCSCC(NC(=O)CCOCCOCCOCCOCCCNC(=O)CC(C=O)SCC(N)C(=O)O)C(=O)O. The molecule has 25 heteroatoms. The van der Waals surface area contributed by atoms with Crippen molar-refractivity contribution in [3.63, 3.8) is 0 Å². The van der Waals surface area contributed by atoms with E-state index >= 15 is 0 Å². The number of carbonyl (C=O) groups excluding carboxylic acids is 5. The van der Waals surface area contributed by atoms with Gasteiger partial charge < -0.3 is 76.8 Å². The smallest absolute Gasteiger partial charge is 0.327 e. The number of aliphatic hydroxyl groups excluding tert-OH is 1. The van der Waals surface area contributed by atoms with E-state index in [9.17, 15) is 42.7 Å². The number of amides is 4. The monoisotopic (exact) mass is 1150 g/mol. The lowest BCUT2D eigenvalue weighted by Gasteiger charge is -2.31. The first-order chi connectivity index (χ1) is 37.4. The second-order valence-electron chi connectivity index (χ2n) is 17.2. The van der Waals surface area contributed by atoms with Crippen LogP contribution in [-0.2, 0) is 59.1 Å².